The zero-order chi connectivity index (χ0) is 18.4. The fourth-order valence-electron chi connectivity index (χ4n) is 2.57. The Labute approximate surface area is 153 Å². The Balaban J connectivity index is 1.63. The van der Waals surface area contributed by atoms with Crippen LogP contribution in [0.5, 0.6) is 0 Å². The molecule has 2 aromatic heterocycles. The second-order valence-corrected chi connectivity index (χ2v) is 6.20. The van der Waals surface area contributed by atoms with E-state index in [0.717, 1.165) is 30.0 Å². The predicted molar refractivity (Wildman–Crippen MR) is 102 cm³/mol. The van der Waals surface area contributed by atoms with Gasteiger partial charge in [-0.3, -0.25) is 4.98 Å². The summed E-state index contributed by atoms with van der Waals surface area (Å²) in [5.74, 6) is 1.20. The van der Waals surface area contributed by atoms with Crippen molar-refractivity contribution in [3.8, 4) is 0 Å². The van der Waals surface area contributed by atoms with Gasteiger partial charge in [0.15, 0.2) is 0 Å². The second kappa shape index (κ2) is 8.38. The van der Waals surface area contributed by atoms with Gasteiger partial charge in [0.05, 0.1) is 0 Å². The Bertz CT molecular complexity index is 837. The van der Waals surface area contributed by atoms with Crippen LogP contribution in [0.4, 0.5) is 16.2 Å². The Kier molecular flexibility index (Phi) is 5.73. The van der Waals surface area contributed by atoms with E-state index in [0.29, 0.717) is 12.5 Å². The molecule has 0 unspecified atom stereocenters. The molecule has 3 rings (SSSR count). The number of halogens is 1. The summed E-state index contributed by atoms with van der Waals surface area (Å²) in [6.07, 6.45) is 4.53. The van der Waals surface area contributed by atoms with Crippen LogP contribution in [0.1, 0.15) is 16.8 Å². The molecule has 0 amide bonds. The van der Waals surface area contributed by atoms with Crippen molar-refractivity contribution in [2.45, 2.75) is 19.9 Å². The number of rotatable bonds is 7. The van der Waals surface area contributed by atoms with E-state index in [1.165, 1.54) is 17.7 Å². The summed E-state index contributed by atoms with van der Waals surface area (Å²) in [6, 6.07) is 12.4. The van der Waals surface area contributed by atoms with Crippen LogP contribution < -0.4 is 10.2 Å². The number of anilines is 2. The number of hydrogen-bond donors (Lipinski definition) is 1. The maximum absolute atomic E-state index is 13.0. The summed E-state index contributed by atoms with van der Waals surface area (Å²) in [7, 11) is 2.02. The molecule has 26 heavy (non-hydrogen) atoms. The normalized spacial score (nSPS) is 10.6. The van der Waals surface area contributed by atoms with Crippen LogP contribution in [0.15, 0.2) is 54.9 Å². The lowest BCUT2D eigenvalue weighted by atomic mass is 10.2. The van der Waals surface area contributed by atoms with Crippen LogP contribution >= 0.6 is 0 Å². The zero-order valence-electron chi connectivity index (χ0n) is 15.0. The molecular weight excluding hydrogens is 329 g/mol. The van der Waals surface area contributed by atoms with Gasteiger partial charge in [0.1, 0.15) is 11.6 Å². The summed E-state index contributed by atoms with van der Waals surface area (Å²) in [5.41, 5.74) is 3.11. The lowest BCUT2D eigenvalue weighted by Crippen LogP contribution is -2.22. The number of nitrogens with zero attached hydrogens (tertiary/aromatic N) is 4. The number of benzene rings is 1. The third-order valence-electron chi connectivity index (χ3n) is 4.08. The Morgan fingerprint density at radius 1 is 1.00 bits per heavy atom. The predicted octanol–water partition coefficient (Wildman–Crippen LogP) is 3.61. The van der Waals surface area contributed by atoms with E-state index in [9.17, 15) is 4.39 Å². The number of likely N-dealkylation sites (N-methyl/N-ethyl adjacent to an activating group) is 1. The van der Waals surface area contributed by atoms with Gasteiger partial charge in [-0.15, -0.1) is 0 Å². The minimum absolute atomic E-state index is 0.237. The Morgan fingerprint density at radius 2 is 1.73 bits per heavy atom. The van der Waals surface area contributed by atoms with E-state index in [4.69, 9.17) is 0 Å². The van der Waals surface area contributed by atoms with E-state index in [2.05, 4.69) is 25.2 Å². The number of nitrogens with one attached hydrogen (secondary N) is 1. The molecule has 1 N–H and O–H groups in total. The highest BCUT2D eigenvalue weighted by Gasteiger charge is 2.07. The highest BCUT2D eigenvalue weighted by atomic mass is 19.1. The smallest absolute Gasteiger partial charge is 0.225 e. The average Bonchev–Trinajstić information content (AvgIpc) is 2.66. The van der Waals surface area contributed by atoms with Crippen molar-refractivity contribution >= 4 is 11.8 Å². The molecule has 0 atom stereocenters. The zero-order valence-corrected chi connectivity index (χ0v) is 15.0. The highest BCUT2D eigenvalue weighted by Crippen LogP contribution is 2.15. The van der Waals surface area contributed by atoms with Gasteiger partial charge in [-0.05, 0) is 48.7 Å². The molecule has 0 saturated carbocycles. The maximum atomic E-state index is 13.0. The van der Waals surface area contributed by atoms with Crippen molar-refractivity contribution in [2.24, 2.45) is 0 Å². The summed E-state index contributed by atoms with van der Waals surface area (Å²) < 4.78 is 13.0. The van der Waals surface area contributed by atoms with Gasteiger partial charge in [-0.2, -0.15) is 4.98 Å². The number of hydrogen-bond acceptors (Lipinski definition) is 5. The summed E-state index contributed by atoms with van der Waals surface area (Å²) in [5, 5.41) is 3.21. The first-order valence-corrected chi connectivity index (χ1v) is 8.54. The van der Waals surface area contributed by atoms with Gasteiger partial charge in [0.2, 0.25) is 5.95 Å². The molecule has 0 spiro atoms. The molecule has 134 valence electrons. The molecular formula is C20H22FN5. The first-order chi connectivity index (χ1) is 12.6. The molecule has 3 aromatic rings. The molecule has 0 radical (unpaired) electrons. The van der Waals surface area contributed by atoms with E-state index in [-0.39, 0.29) is 5.82 Å². The molecule has 0 fully saturated rings. The molecule has 0 saturated heterocycles. The van der Waals surface area contributed by atoms with Crippen molar-refractivity contribution < 1.29 is 4.39 Å². The lowest BCUT2D eigenvalue weighted by molar-refractivity contribution is 0.627. The number of aromatic nitrogens is 3. The van der Waals surface area contributed by atoms with Crippen molar-refractivity contribution in [2.75, 3.05) is 23.8 Å². The van der Waals surface area contributed by atoms with Gasteiger partial charge in [0.25, 0.3) is 0 Å². The van der Waals surface area contributed by atoms with E-state index < -0.39 is 0 Å². The Morgan fingerprint density at radius 3 is 2.46 bits per heavy atom. The first-order valence-electron chi connectivity index (χ1n) is 8.54. The molecule has 0 aliphatic carbocycles. The molecule has 0 aliphatic heterocycles. The van der Waals surface area contributed by atoms with Crippen molar-refractivity contribution in [3.05, 3.63) is 77.5 Å². The molecule has 1 aromatic carbocycles. The second-order valence-electron chi connectivity index (χ2n) is 6.20. The van der Waals surface area contributed by atoms with Crippen molar-refractivity contribution in [1.29, 1.82) is 0 Å². The van der Waals surface area contributed by atoms with Crippen LogP contribution in [0, 0.1) is 12.7 Å². The van der Waals surface area contributed by atoms with Gasteiger partial charge >= 0.3 is 0 Å². The van der Waals surface area contributed by atoms with Gasteiger partial charge < -0.3 is 10.2 Å². The van der Waals surface area contributed by atoms with Gasteiger partial charge in [0, 0.05) is 44.3 Å². The molecule has 2 heterocycles. The minimum Gasteiger partial charge on any atom is -0.359 e. The summed E-state index contributed by atoms with van der Waals surface area (Å²) >= 11 is 0. The standard InChI is InChI=1S/C20H22FN5/c1-15-13-19(26(2)12-9-16-7-10-22-11-8-16)25-20(24-15)23-14-17-3-5-18(21)6-4-17/h3-8,10-11,13H,9,12,14H2,1-2H3,(H,23,24,25). The van der Waals surface area contributed by atoms with Gasteiger partial charge in [-0.1, -0.05) is 12.1 Å². The average molecular weight is 351 g/mol. The van der Waals surface area contributed by atoms with Crippen LogP contribution in [-0.2, 0) is 13.0 Å². The SMILES string of the molecule is Cc1cc(N(C)CCc2ccncc2)nc(NCc2ccc(F)cc2)n1. The largest absolute Gasteiger partial charge is 0.359 e. The van der Waals surface area contributed by atoms with Crippen LogP contribution in [-0.4, -0.2) is 28.5 Å². The van der Waals surface area contributed by atoms with Crippen LogP contribution in [0.25, 0.3) is 0 Å². The summed E-state index contributed by atoms with van der Waals surface area (Å²) in [4.78, 5) is 15.2. The highest BCUT2D eigenvalue weighted by molar-refractivity contribution is 5.44. The summed E-state index contributed by atoms with van der Waals surface area (Å²) in [6.45, 7) is 3.34. The van der Waals surface area contributed by atoms with Crippen molar-refractivity contribution in [1.82, 2.24) is 15.0 Å². The minimum atomic E-state index is -0.237. The molecule has 0 aliphatic rings. The van der Waals surface area contributed by atoms with Gasteiger partial charge in [-0.25, -0.2) is 9.37 Å². The van der Waals surface area contributed by atoms with Crippen LogP contribution in [0.3, 0.4) is 0 Å². The third kappa shape index (κ3) is 4.99. The van der Waals surface area contributed by atoms with Crippen LogP contribution in [0.2, 0.25) is 0 Å². The van der Waals surface area contributed by atoms with E-state index in [1.807, 2.05) is 44.6 Å². The quantitative estimate of drug-likeness (QED) is 0.705. The third-order valence-corrected chi connectivity index (χ3v) is 4.08. The van der Waals surface area contributed by atoms with E-state index >= 15 is 0 Å². The number of aryl methyl sites for hydroxylation is 1. The molecule has 5 nitrogen and oxygen atoms in total. The number of pyridine rings is 1. The molecule has 6 heteroatoms. The monoisotopic (exact) mass is 351 g/mol. The topological polar surface area (TPSA) is 53.9 Å². The fourth-order valence-corrected chi connectivity index (χ4v) is 2.57. The fraction of sp³-hybridized carbons (Fsp3) is 0.250. The Hall–Kier alpha value is -3.02. The maximum Gasteiger partial charge on any atom is 0.225 e. The molecule has 0 bridgehead atoms. The van der Waals surface area contributed by atoms with E-state index in [1.54, 1.807) is 12.1 Å². The lowest BCUT2D eigenvalue weighted by Gasteiger charge is -2.19. The first kappa shape index (κ1) is 17.8. The van der Waals surface area contributed by atoms with Crippen molar-refractivity contribution in [3.63, 3.8) is 0 Å².